The molecule has 1 aliphatic heterocycles. The van der Waals surface area contributed by atoms with Gasteiger partial charge in [0.25, 0.3) is 0 Å². The third-order valence-electron chi connectivity index (χ3n) is 3.02. The van der Waals surface area contributed by atoms with Gasteiger partial charge < -0.3 is 10.6 Å². The molecule has 0 spiro atoms. The predicted octanol–water partition coefficient (Wildman–Crippen LogP) is 2.11. The monoisotopic (exact) mass is 255 g/mol. The molecule has 6 heteroatoms. The summed E-state index contributed by atoms with van der Waals surface area (Å²) in [5.41, 5.74) is 5.13. The van der Waals surface area contributed by atoms with Crippen molar-refractivity contribution in [3.63, 3.8) is 0 Å². The molecule has 1 heterocycles. The minimum atomic E-state index is -4.50. The minimum Gasteiger partial charge on any atom is -0.370 e. The molecule has 96 valence electrons. The Hall–Kier alpha value is -1.74. The summed E-state index contributed by atoms with van der Waals surface area (Å²) in [6.07, 6.45) is -3.69. The van der Waals surface area contributed by atoms with Gasteiger partial charge >= 0.3 is 6.18 Å². The molecular formula is C12H12F3N3. The van der Waals surface area contributed by atoms with Crippen LogP contribution in [0.15, 0.2) is 18.2 Å². The van der Waals surface area contributed by atoms with Crippen molar-refractivity contribution in [3.8, 4) is 6.07 Å². The molecule has 3 nitrogen and oxygen atoms in total. The molecule has 2 rings (SSSR count). The summed E-state index contributed by atoms with van der Waals surface area (Å²) in [6.45, 7) is 1.31. The molecule has 2 N–H and O–H groups in total. The lowest BCUT2D eigenvalue weighted by Gasteiger charge is -2.19. The third kappa shape index (κ3) is 2.41. The maximum atomic E-state index is 12.6. The van der Waals surface area contributed by atoms with E-state index in [9.17, 15) is 13.2 Å². The first kappa shape index (κ1) is 12.7. The number of hydrogen-bond donors (Lipinski definition) is 1. The van der Waals surface area contributed by atoms with Crippen LogP contribution in [0.2, 0.25) is 0 Å². The van der Waals surface area contributed by atoms with Crippen molar-refractivity contribution in [3.05, 3.63) is 29.3 Å². The molecule has 1 fully saturated rings. The van der Waals surface area contributed by atoms with Gasteiger partial charge in [0, 0.05) is 24.8 Å². The Labute approximate surface area is 103 Å². The number of nitrogens with zero attached hydrogens (tertiary/aromatic N) is 2. The molecule has 1 aromatic carbocycles. The van der Waals surface area contributed by atoms with Gasteiger partial charge in [-0.3, -0.25) is 0 Å². The second kappa shape index (κ2) is 4.50. The van der Waals surface area contributed by atoms with E-state index in [1.165, 1.54) is 12.1 Å². The first-order valence-electron chi connectivity index (χ1n) is 5.53. The van der Waals surface area contributed by atoms with E-state index in [1.54, 1.807) is 6.07 Å². The largest absolute Gasteiger partial charge is 0.417 e. The summed E-state index contributed by atoms with van der Waals surface area (Å²) in [7, 11) is 0. The van der Waals surface area contributed by atoms with E-state index >= 15 is 0 Å². The summed E-state index contributed by atoms with van der Waals surface area (Å²) in [5.74, 6) is 0. The number of nitriles is 1. The smallest absolute Gasteiger partial charge is 0.370 e. The number of benzene rings is 1. The highest BCUT2D eigenvalue weighted by molar-refractivity contribution is 5.56. The number of halogens is 3. The van der Waals surface area contributed by atoms with E-state index in [0.29, 0.717) is 18.8 Å². The van der Waals surface area contributed by atoms with E-state index in [4.69, 9.17) is 11.0 Å². The summed E-state index contributed by atoms with van der Waals surface area (Å²) in [6, 6.07) is 5.26. The number of rotatable bonds is 1. The molecule has 0 radical (unpaired) electrons. The molecule has 18 heavy (non-hydrogen) atoms. The molecular weight excluding hydrogens is 243 g/mol. The van der Waals surface area contributed by atoms with Crippen molar-refractivity contribution in [1.82, 2.24) is 0 Å². The van der Waals surface area contributed by atoms with E-state index in [1.807, 2.05) is 4.90 Å². The zero-order valence-electron chi connectivity index (χ0n) is 9.54. The average molecular weight is 255 g/mol. The topological polar surface area (TPSA) is 53.0 Å². The van der Waals surface area contributed by atoms with E-state index in [-0.39, 0.29) is 11.6 Å². The zero-order chi connectivity index (χ0) is 13.3. The summed E-state index contributed by atoms with van der Waals surface area (Å²) in [5, 5.41) is 8.81. The van der Waals surface area contributed by atoms with Gasteiger partial charge in [0.05, 0.1) is 17.2 Å². The van der Waals surface area contributed by atoms with Gasteiger partial charge in [-0.25, -0.2) is 0 Å². The second-order valence-corrected chi connectivity index (χ2v) is 4.33. The van der Waals surface area contributed by atoms with Gasteiger partial charge in [0.2, 0.25) is 0 Å². The van der Waals surface area contributed by atoms with E-state index in [0.717, 1.165) is 12.5 Å². The number of anilines is 1. The quantitative estimate of drug-likeness (QED) is 0.836. The van der Waals surface area contributed by atoms with Crippen LogP contribution in [0.1, 0.15) is 17.5 Å². The van der Waals surface area contributed by atoms with Crippen molar-refractivity contribution >= 4 is 5.69 Å². The summed E-state index contributed by atoms with van der Waals surface area (Å²) >= 11 is 0. The van der Waals surface area contributed by atoms with Gasteiger partial charge in [-0.05, 0) is 24.6 Å². The predicted molar refractivity (Wildman–Crippen MR) is 61.0 cm³/mol. The van der Waals surface area contributed by atoms with Crippen LogP contribution in [0.3, 0.4) is 0 Å². The Morgan fingerprint density at radius 1 is 1.39 bits per heavy atom. The van der Waals surface area contributed by atoms with Crippen LogP contribution in [0.25, 0.3) is 0 Å². The summed E-state index contributed by atoms with van der Waals surface area (Å²) in [4.78, 5) is 1.89. The fraction of sp³-hybridized carbons (Fsp3) is 0.417. The Balaban J connectivity index is 2.34. The van der Waals surface area contributed by atoms with Gasteiger partial charge in [-0.15, -0.1) is 0 Å². The lowest BCUT2D eigenvalue weighted by Crippen LogP contribution is -2.26. The maximum absolute atomic E-state index is 12.6. The van der Waals surface area contributed by atoms with Crippen molar-refractivity contribution in [2.24, 2.45) is 5.73 Å². The molecule has 0 bridgehead atoms. The van der Waals surface area contributed by atoms with E-state index in [2.05, 4.69) is 0 Å². The highest BCUT2D eigenvalue weighted by Crippen LogP contribution is 2.34. The van der Waals surface area contributed by atoms with Crippen molar-refractivity contribution in [2.45, 2.75) is 18.6 Å². The van der Waals surface area contributed by atoms with Gasteiger partial charge in [-0.1, -0.05) is 0 Å². The fourth-order valence-electron chi connectivity index (χ4n) is 2.09. The minimum absolute atomic E-state index is 0.0397. The molecule has 1 saturated heterocycles. The molecule has 1 unspecified atom stereocenters. The van der Waals surface area contributed by atoms with Gasteiger partial charge in [-0.2, -0.15) is 18.4 Å². The van der Waals surface area contributed by atoms with Crippen LogP contribution >= 0.6 is 0 Å². The summed E-state index contributed by atoms with van der Waals surface area (Å²) < 4.78 is 37.9. The third-order valence-corrected chi connectivity index (χ3v) is 3.02. The molecule has 1 atom stereocenters. The van der Waals surface area contributed by atoms with Gasteiger partial charge in [0.1, 0.15) is 0 Å². The first-order valence-corrected chi connectivity index (χ1v) is 5.53. The highest BCUT2D eigenvalue weighted by atomic mass is 19.4. The molecule has 0 aromatic heterocycles. The maximum Gasteiger partial charge on any atom is 0.417 e. The molecule has 0 amide bonds. The molecule has 1 aromatic rings. The second-order valence-electron chi connectivity index (χ2n) is 4.33. The van der Waals surface area contributed by atoms with Crippen LogP contribution in [0.5, 0.6) is 0 Å². The van der Waals surface area contributed by atoms with Crippen LogP contribution in [-0.2, 0) is 6.18 Å². The number of nitrogens with two attached hydrogens (primary N) is 1. The van der Waals surface area contributed by atoms with E-state index < -0.39 is 11.7 Å². The Bertz CT molecular complexity index is 490. The Morgan fingerprint density at radius 3 is 2.61 bits per heavy atom. The zero-order valence-corrected chi connectivity index (χ0v) is 9.54. The lowest BCUT2D eigenvalue weighted by atomic mass is 10.1. The van der Waals surface area contributed by atoms with Crippen LogP contribution in [0, 0.1) is 11.3 Å². The van der Waals surface area contributed by atoms with Crippen LogP contribution in [0.4, 0.5) is 18.9 Å². The van der Waals surface area contributed by atoms with Gasteiger partial charge in [0.15, 0.2) is 0 Å². The number of alkyl halides is 3. The van der Waals surface area contributed by atoms with Crippen LogP contribution in [-0.4, -0.2) is 19.1 Å². The Kier molecular flexibility index (Phi) is 3.18. The average Bonchev–Trinajstić information content (AvgIpc) is 2.74. The SMILES string of the molecule is N#Cc1cc(N2CCC(N)C2)ccc1C(F)(F)F. The van der Waals surface area contributed by atoms with Crippen molar-refractivity contribution < 1.29 is 13.2 Å². The first-order chi connectivity index (χ1) is 8.41. The lowest BCUT2D eigenvalue weighted by molar-refractivity contribution is -0.137. The molecule has 1 aliphatic rings. The molecule has 0 aliphatic carbocycles. The van der Waals surface area contributed by atoms with Crippen LogP contribution < -0.4 is 10.6 Å². The Morgan fingerprint density at radius 2 is 2.11 bits per heavy atom. The fourth-order valence-corrected chi connectivity index (χ4v) is 2.09. The highest BCUT2D eigenvalue weighted by Gasteiger charge is 2.34. The normalized spacial score (nSPS) is 19.9. The van der Waals surface area contributed by atoms with Crippen molar-refractivity contribution in [1.29, 1.82) is 5.26 Å². The standard InChI is InChI=1S/C12H12F3N3/c13-12(14,15)11-2-1-10(5-8(11)6-16)18-4-3-9(17)7-18/h1-2,5,9H,3-4,7,17H2. The van der Waals surface area contributed by atoms with Crippen molar-refractivity contribution in [2.75, 3.05) is 18.0 Å². The number of hydrogen-bond acceptors (Lipinski definition) is 3. The molecule has 0 saturated carbocycles.